The SMILES string of the molecule is CO[C@H]1[C@H](C)[C@H](O)[C@H](C)[C@@H](OC)[C@@H](C)/C=C/C=C(/C)C(=O)Nc2c3oc4cc(N5CCN(CCO)CC5)cc(O)c4nc-3c3c4c(c(C)c(O)c3c2=O)O[C@](C)(O/C=C/[C@H](OC)[C@H]1C)C4=O. The highest BCUT2D eigenvalue weighted by molar-refractivity contribution is 6.22. The maximum Gasteiger partial charge on any atom is 0.312 e. The Morgan fingerprint density at radius 1 is 0.909 bits per heavy atom. The van der Waals surface area contributed by atoms with Crippen LogP contribution in [0, 0.1) is 30.6 Å². The van der Waals surface area contributed by atoms with E-state index >= 15 is 0 Å². The van der Waals surface area contributed by atoms with Gasteiger partial charge in [0.25, 0.3) is 11.7 Å². The standard InChI is InChI=1S/C49H62N4O13/c1-24-12-11-13-25(2)48(60)51-39-42(58)35-34(38-46(39)65-33-23-30(22-31(55)37(33)50-38)53-17-15-52(16-18-53)19-20-54)36-45(29(6)41(35)57)66-49(7,47(36)59)64-21-14-32(61-8)26(3)44(63-10)28(5)40(56)27(4)43(24)62-9/h11-14,21-24,26-28,32,40,43-44,54-57H,15-20H2,1-10H3,(H,51,60)/b12-11+,21-14+,25-13-/t24-,26+,27-,28+,32-,40+,43-,44+,49-/m0/s1. The molecule has 5 bridgehead atoms. The number of hydrogen-bond acceptors (Lipinski definition) is 16. The number of carbonyl (C=O) groups is 2. The number of nitrogens with one attached hydrogen (secondary N) is 1. The highest BCUT2D eigenvalue weighted by atomic mass is 16.7. The van der Waals surface area contributed by atoms with Crippen LogP contribution in [0.3, 0.4) is 0 Å². The second-order valence-corrected chi connectivity index (χ2v) is 17.9. The average molecular weight is 915 g/mol. The average Bonchev–Trinajstić information content (AvgIpc) is 3.56. The van der Waals surface area contributed by atoms with Crippen molar-refractivity contribution in [3.8, 4) is 28.7 Å². The monoisotopic (exact) mass is 914 g/mol. The van der Waals surface area contributed by atoms with Gasteiger partial charge in [-0.05, 0) is 19.9 Å². The number of β-amino-alcohol motifs (C(OH)–C–C–N with tert-alkyl or cyclic N) is 1. The lowest BCUT2D eigenvalue weighted by molar-refractivity contribution is -0.112. The number of nitrogens with zero attached hydrogens (tertiary/aromatic N) is 3. The molecule has 1 fully saturated rings. The number of anilines is 2. The van der Waals surface area contributed by atoms with E-state index in [-0.39, 0.29) is 91.6 Å². The minimum atomic E-state index is -2.02. The van der Waals surface area contributed by atoms with Crippen LogP contribution in [0.2, 0.25) is 0 Å². The van der Waals surface area contributed by atoms with E-state index < -0.39 is 59.0 Å². The van der Waals surface area contributed by atoms with Crippen molar-refractivity contribution in [1.29, 1.82) is 0 Å². The zero-order valence-electron chi connectivity index (χ0n) is 39.2. The predicted octanol–water partition coefficient (Wildman–Crippen LogP) is 5.51. The van der Waals surface area contributed by atoms with E-state index in [9.17, 15) is 34.8 Å². The fourth-order valence-corrected chi connectivity index (χ4v) is 9.87. The molecular formula is C49H62N4O13. The quantitative estimate of drug-likeness (QED) is 0.119. The van der Waals surface area contributed by atoms with Crippen molar-refractivity contribution in [2.45, 2.75) is 78.7 Å². The van der Waals surface area contributed by atoms with Crippen molar-refractivity contribution in [3.05, 3.63) is 69.6 Å². The van der Waals surface area contributed by atoms with E-state index in [1.54, 1.807) is 51.5 Å². The number of Topliss-reactive ketones (excluding diaryl/α,β-unsaturated/α-hetero) is 1. The Balaban J connectivity index is 1.44. The van der Waals surface area contributed by atoms with E-state index in [0.717, 1.165) is 0 Å². The zero-order chi connectivity index (χ0) is 47.9. The second-order valence-electron chi connectivity index (χ2n) is 17.9. The molecule has 0 saturated carbocycles. The third-order valence-corrected chi connectivity index (χ3v) is 13.8. The number of phenols is 2. The van der Waals surface area contributed by atoms with Gasteiger partial charge < -0.3 is 58.7 Å². The summed E-state index contributed by atoms with van der Waals surface area (Å²) >= 11 is 0. The van der Waals surface area contributed by atoms with Gasteiger partial charge in [-0.15, -0.1) is 0 Å². The molecule has 17 nitrogen and oxygen atoms in total. The van der Waals surface area contributed by atoms with Gasteiger partial charge in [0.2, 0.25) is 5.43 Å². The smallest absolute Gasteiger partial charge is 0.312 e. The number of benzene rings is 3. The third-order valence-electron chi connectivity index (χ3n) is 13.8. The topological polar surface area (TPSA) is 223 Å². The van der Waals surface area contributed by atoms with Crippen LogP contribution >= 0.6 is 0 Å². The molecule has 2 aromatic rings. The van der Waals surface area contributed by atoms with Gasteiger partial charge >= 0.3 is 5.79 Å². The molecule has 0 spiro atoms. The van der Waals surface area contributed by atoms with Gasteiger partial charge in [0.15, 0.2) is 11.3 Å². The number of piperazine rings is 1. The number of aromatic hydroxyl groups is 2. The zero-order valence-corrected chi connectivity index (χ0v) is 39.2. The Morgan fingerprint density at radius 2 is 1.59 bits per heavy atom. The highest BCUT2D eigenvalue weighted by Crippen LogP contribution is 2.51. The Labute approximate surface area is 383 Å². The van der Waals surface area contributed by atoms with Gasteiger partial charge in [-0.2, -0.15) is 0 Å². The minimum Gasteiger partial charge on any atom is -0.507 e. The summed E-state index contributed by atoms with van der Waals surface area (Å²) < 4.78 is 36.7. The first-order valence-electron chi connectivity index (χ1n) is 22.3. The lowest BCUT2D eigenvalue weighted by atomic mass is 9.78. The summed E-state index contributed by atoms with van der Waals surface area (Å²) in [5.41, 5.74) is -0.503. The molecule has 356 valence electrons. The third kappa shape index (κ3) is 8.63. The molecule has 5 N–H and O–H groups in total. The summed E-state index contributed by atoms with van der Waals surface area (Å²) in [5, 5.41) is 46.9. The number of aliphatic hydroxyl groups is 2. The van der Waals surface area contributed by atoms with Crippen molar-refractivity contribution >= 4 is 44.9 Å². The van der Waals surface area contributed by atoms with Crippen molar-refractivity contribution in [1.82, 2.24) is 9.88 Å². The molecule has 9 atom stereocenters. The fourth-order valence-electron chi connectivity index (χ4n) is 9.87. The summed E-state index contributed by atoms with van der Waals surface area (Å²) in [6.45, 7) is 15.3. The molecular weight excluding hydrogens is 853 g/mol. The Bertz CT molecular complexity index is 2620. The van der Waals surface area contributed by atoms with Crippen LogP contribution < -0.4 is 20.4 Å². The number of methoxy groups -OCH3 is 3. The number of allylic oxidation sites excluding steroid dienone is 2. The molecule has 6 aliphatic rings. The maximum atomic E-state index is 14.9. The number of carbonyl (C=O) groups excluding carboxylic acids is 2. The van der Waals surface area contributed by atoms with E-state index in [4.69, 9.17) is 33.1 Å². The largest absolute Gasteiger partial charge is 0.507 e. The van der Waals surface area contributed by atoms with Crippen LogP contribution in [-0.2, 0) is 23.7 Å². The summed E-state index contributed by atoms with van der Waals surface area (Å²) in [6, 6.07) is 3.23. The number of rotatable bonds is 6. The van der Waals surface area contributed by atoms with Gasteiger partial charge in [-0.1, -0.05) is 45.9 Å². The molecule has 17 heteroatoms. The van der Waals surface area contributed by atoms with Gasteiger partial charge in [0.1, 0.15) is 34.1 Å². The van der Waals surface area contributed by atoms with Crippen molar-refractivity contribution in [2.24, 2.45) is 23.7 Å². The molecule has 0 aromatic heterocycles. The number of phenolic OH excluding ortho intramolecular Hbond substituents is 2. The van der Waals surface area contributed by atoms with Crippen molar-refractivity contribution < 1.29 is 58.1 Å². The number of amides is 1. The molecule has 66 heavy (non-hydrogen) atoms. The molecule has 8 rings (SSSR count). The van der Waals surface area contributed by atoms with E-state index in [2.05, 4.69) is 10.2 Å². The molecule has 0 radical (unpaired) electrons. The number of hydrogen-bond donors (Lipinski definition) is 5. The van der Waals surface area contributed by atoms with Crippen LogP contribution in [0.1, 0.15) is 57.5 Å². The Morgan fingerprint density at radius 3 is 2.24 bits per heavy atom. The number of fused-ring (bicyclic) bond motifs is 14. The lowest BCUT2D eigenvalue weighted by Gasteiger charge is -2.38. The molecule has 0 unspecified atom stereocenters. The first kappa shape index (κ1) is 48.4. The van der Waals surface area contributed by atoms with Crippen molar-refractivity contribution in [3.63, 3.8) is 0 Å². The van der Waals surface area contributed by atoms with E-state index in [1.807, 2.05) is 38.7 Å². The van der Waals surface area contributed by atoms with Gasteiger partial charge in [-0.25, -0.2) is 4.98 Å². The highest BCUT2D eigenvalue weighted by Gasteiger charge is 2.50. The number of aliphatic hydroxyl groups excluding tert-OH is 2. The lowest BCUT2D eigenvalue weighted by Crippen LogP contribution is -2.47. The fraction of sp³-hybridized carbons (Fsp3) is 0.510. The second kappa shape index (κ2) is 19.3. The van der Waals surface area contributed by atoms with Crippen LogP contribution in [0.15, 0.2) is 57.5 Å². The molecule has 1 saturated heterocycles. The van der Waals surface area contributed by atoms with Crippen LogP contribution in [-0.4, -0.2) is 133 Å². The molecule has 2 aromatic carbocycles. The number of aromatic nitrogens is 1. The molecule has 1 aliphatic carbocycles. The van der Waals surface area contributed by atoms with Gasteiger partial charge in [0.05, 0.1) is 48.2 Å². The van der Waals surface area contributed by atoms with Crippen LogP contribution in [0.4, 0.5) is 11.4 Å². The first-order valence-corrected chi connectivity index (χ1v) is 22.3. The minimum absolute atomic E-state index is 0.00684. The Kier molecular flexibility index (Phi) is 14.2. The first-order chi connectivity index (χ1) is 31.4. The summed E-state index contributed by atoms with van der Waals surface area (Å²) in [7, 11) is 4.68. The maximum absolute atomic E-state index is 14.9. The van der Waals surface area contributed by atoms with Gasteiger partial charge in [-0.3, -0.25) is 19.3 Å². The summed E-state index contributed by atoms with van der Waals surface area (Å²) in [6.07, 6.45) is 5.60. The molecule has 1 amide bonds. The Hall–Kier alpha value is -5.56. The summed E-state index contributed by atoms with van der Waals surface area (Å²) in [4.78, 5) is 52.7. The van der Waals surface area contributed by atoms with E-state index in [1.165, 1.54) is 27.2 Å². The summed E-state index contributed by atoms with van der Waals surface area (Å²) in [5.74, 6) is -5.79. The van der Waals surface area contributed by atoms with Crippen molar-refractivity contribution in [2.75, 3.05) is 70.9 Å². The van der Waals surface area contributed by atoms with E-state index in [0.29, 0.717) is 38.4 Å². The number of ketones is 1. The molecule has 5 heterocycles. The number of ether oxygens (including phenoxy) is 5. The van der Waals surface area contributed by atoms with Crippen LogP contribution in [0.5, 0.6) is 17.2 Å². The van der Waals surface area contributed by atoms with Crippen LogP contribution in [0.25, 0.3) is 33.3 Å². The normalized spacial score (nSPS) is 30.1. The predicted molar refractivity (Wildman–Crippen MR) is 248 cm³/mol. The molecule has 5 aliphatic heterocycles. The van der Waals surface area contributed by atoms with Gasteiger partial charge in [0, 0.05) is 119 Å².